The fourth-order valence-corrected chi connectivity index (χ4v) is 4.38. The summed E-state index contributed by atoms with van der Waals surface area (Å²) in [6.07, 6.45) is 5.05. The van der Waals surface area contributed by atoms with Crippen molar-refractivity contribution in [1.29, 1.82) is 0 Å². The predicted molar refractivity (Wildman–Crippen MR) is 117 cm³/mol. The number of halogens is 2. The molecule has 4 rings (SSSR count). The van der Waals surface area contributed by atoms with Crippen LogP contribution in [-0.4, -0.2) is 54.4 Å². The van der Waals surface area contributed by atoms with Gasteiger partial charge in [0.25, 0.3) is 11.8 Å². The fourth-order valence-electron chi connectivity index (χ4n) is 4.38. The number of amides is 2. The number of likely N-dealkylation sites (tertiary alicyclic amines) is 2. The fraction of sp³-hybridized carbons (Fsp3) is 0.440. The van der Waals surface area contributed by atoms with Crippen molar-refractivity contribution in [2.75, 3.05) is 32.8 Å². The van der Waals surface area contributed by atoms with Gasteiger partial charge in [-0.05, 0) is 74.6 Å². The molecule has 0 aromatic heterocycles. The maximum absolute atomic E-state index is 13.5. The number of carbonyl (C=O) groups excluding carboxylic acids is 2. The van der Waals surface area contributed by atoms with E-state index in [1.54, 1.807) is 17.0 Å². The number of hydrogen-bond acceptors (Lipinski definition) is 3. The Hall–Kier alpha value is -2.96. The lowest BCUT2D eigenvalue weighted by molar-refractivity contribution is 0.0632. The van der Waals surface area contributed by atoms with Crippen molar-refractivity contribution in [3.05, 3.63) is 65.2 Å². The molecular weight excluding hydrogens is 414 g/mol. The molecule has 2 aromatic rings. The molecule has 2 saturated heterocycles. The second-order valence-corrected chi connectivity index (χ2v) is 8.58. The average molecular weight is 443 g/mol. The summed E-state index contributed by atoms with van der Waals surface area (Å²) in [6.45, 7) is 3.17. The van der Waals surface area contributed by atoms with E-state index in [9.17, 15) is 18.4 Å². The van der Waals surface area contributed by atoms with E-state index < -0.39 is 11.6 Å². The van der Waals surface area contributed by atoms with Crippen LogP contribution in [0.1, 0.15) is 52.8 Å². The van der Waals surface area contributed by atoms with Crippen LogP contribution in [0.4, 0.5) is 8.78 Å². The molecule has 2 amide bonds. The molecule has 0 bridgehead atoms. The van der Waals surface area contributed by atoms with Crippen molar-refractivity contribution in [3.63, 3.8) is 0 Å². The Morgan fingerprint density at radius 3 is 2.19 bits per heavy atom. The van der Waals surface area contributed by atoms with Crippen LogP contribution in [0.15, 0.2) is 42.5 Å². The lowest BCUT2D eigenvalue weighted by Crippen LogP contribution is -2.41. The summed E-state index contributed by atoms with van der Waals surface area (Å²) in [4.78, 5) is 28.8. The minimum absolute atomic E-state index is 0.0647. The molecule has 2 heterocycles. The number of piperidine rings is 2. The summed E-state index contributed by atoms with van der Waals surface area (Å²) in [5, 5.41) is 0. The third-order valence-corrected chi connectivity index (χ3v) is 6.20. The number of hydrogen-bond donors (Lipinski definition) is 0. The maximum Gasteiger partial charge on any atom is 0.253 e. The Labute approximate surface area is 187 Å². The Balaban J connectivity index is 1.30. The second-order valence-electron chi connectivity index (χ2n) is 8.58. The Morgan fingerprint density at radius 1 is 0.812 bits per heavy atom. The first-order valence-corrected chi connectivity index (χ1v) is 11.3. The molecule has 0 N–H and O–H groups in total. The van der Waals surface area contributed by atoms with Crippen LogP contribution in [0.3, 0.4) is 0 Å². The van der Waals surface area contributed by atoms with Gasteiger partial charge >= 0.3 is 0 Å². The van der Waals surface area contributed by atoms with E-state index in [1.165, 1.54) is 12.5 Å². The van der Waals surface area contributed by atoms with Crippen LogP contribution in [-0.2, 0) is 0 Å². The molecule has 1 atom stereocenters. The van der Waals surface area contributed by atoms with Crippen molar-refractivity contribution < 1.29 is 23.1 Å². The van der Waals surface area contributed by atoms with Gasteiger partial charge in [-0.25, -0.2) is 8.78 Å². The topological polar surface area (TPSA) is 49.9 Å². The van der Waals surface area contributed by atoms with Crippen LogP contribution in [0.25, 0.3) is 0 Å². The molecule has 2 fully saturated rings. The molecule has 32 heavy (non-hydrogen) atoms. The zero-order valence-electron chi connectivity index (χ0n) is 18.1. The minimum Gasteiger partial charge on any atom is -0.493 e. The number of rotatable bonds is 5. The summed E-state index contributed by atoms with van der Waals surface area (Å²) < 4.78 is 32.6. The molecule has 7 heteroatoms. The van der Waals surface area contributed by atoms with Crippen molar-refractivity contribution in [3.8, 4) is 5.75 Å². The summed E-state index contributed by atoms with van der Waals surface area (Å²) in [6, 6.07) is 10.5. The smallest absolute Gasteiger partial charge is 0.253 e. The highest BCUT2D eigenvalue weighted by atomic mass is 19.2. The monoisotopic (exact) mass is 442 g/mol. The van der Waals surface area contributed by atoms with Crippen molar-refractivity contribution in [2.45, 2.75) is 32.1 Å². The Morgan fingerprint density at radius 2 is 1.47 bits per heavy atom. The van der Waals surface area contributed by atoms with Crippen molar-refractivity contribution >= 4 is 11.8 Å². The summed E-state index contributed by atoms with van der Waals surface area (Å²) >= 11 is 0. The van der Waals surface area contributed by atoms with E-state index in [0.717, 1.165) is 50.9 Å². The summed E-state index contributed by atoms with van der Waals surface area (Å²) in [5.41, 5.74) is 0.819. The predicted octanol–water partition coefficient (Wildman–Crippen LogP) is 4.52. The number of benzene rings is 2. The Kier molecular flexibility index (Phi) is 7.02. The quantitative estimate of drug-likeness (QED) is 0.684. The largest absolute Gasteiger partial charge is 0.493 e. The highest BCUT2D eigenvalue weighted by molar-refractivity contribution is 5.94. The summed E-state index contributed by atoms with van der Waals surface area (Å²) in [5.74, 6) is -1.38. The lowest BCUT2D eigenvalue weighted by atomic mass is 9.98. The molecule has 0 aliphatic carbocycles. The minimum atomic E-state index is -1.02. The lowest BCUT2D eigenvalue weighted by Gasteiger charge is -2.32. The standard InChI is InChI=1S/C25H28F2N2O3/c26-22-11-8-20(15-23(22)27)25(31)29-14-4-5-18(16-29)17-32-21-9-6-19(7-10-21)24(30)28-12-2-1-3-13-28/h6-11,15,18H,1-5,12-14,16-17H2. The van der Waals surface area contributed by atoms with Gasteiger partial charge in [-0.2, -0.15) is 0 Å². The van der Waals surface area contributed by atoms with Crippen molar-refractivity contribution in [2.24, 2.45) is 5.92 Å². The first kappa shape index (κ1) is 22.2. The van der Waals surface area contributed by atoms with Gasteiger partial charge < -0.3 is 14.5 Å². The molecule has 170 valence electrons. The molecule has 0 spiro atoms. The van der Waals surface area contributed by atoms with Crippen LogP contribution in [0, 0.1) is 17.6 Å². The maximum atomic E-state index is 13.5. The van der Waals surface area contributed by atoms with Gasteiger partial charge in [0, 0.05) is 43.2 Å². The third-order valence-electron chi connectivity index (χ3n) is 6.20. The van der Waals surface area contributed by atoms with E-state index in [0.29, 0.717) is 31.0 Å². The number of ether oxygens (including phenoxy) is 1. The van der Waals surface area contributed by atoms with Crippen LogP contribution >= 0.6 is 0 Å². The third kappa shape index (κ3) is 5.26. The van der Waals surface area contributed by atoms with Crippen molar-refractivity contribution in [1.82, 2.24) is 9.80 Å². The van der Waals surface area contributed by atoms with E-state index >= 15 is 0 Å². The van der Waals surface area contributed by atoms with Gasteiger partial charge in [-0.1, -0.05) is 0 Å². The van der Waals surface area contributed by atoms with Crippen LogP contribution < -0.4 is 4.74 Å². The molecular formula is C25H28F2N2O3. The van der Waals surface area contributed by atoms with Gasteiger partial charge in [0.05, 0.1) is 6.61 Å². The molecule has 2 aliphatic heterocycles. The van der Waals surface area contributed by atoms with E-state index in [-0.39, 0.29) is 23.3 Å². The number of nitrogens with zero attached hydrogens (tertiary/aromatic N) is 2. The zero-order valence-corrected chi connectivity index (χ0v) is 18.1. The van der Waals surface area contributed by atoms with Gasteiger partial charge in [-0.15, -0.1) is 0 Å². The number of carbonyl (C=O) groups is 2. The molecule has 2 aromatic carbocycles. The normalized spacial score (nSPS) is 19.0. The van der Waals surface area contributed by atoms with Gasteiger partial charge in [0.15, 0.2) is 11.6 Å². The van der Waals surface area contributed by atoms with E-state index in [1.807, 2.05) is 17.0 Å². The molecule has 0 radical (unpaired) electrons. The van der Waals surface area contributed by atoms with Gasteiger partial charge in [0.2, 0.25) is 0 Å². The highest BCUT2D eigenvalue weighted by Gasteiger charge is 2.26. The molecule has 2 aliphatic rings. The molecule has 5 nitrogen and oxygen atoms in total. The first-order valence-electron chi connectivity index (χ1n) is 11.3. The molecule has 0 saturated carbocycles. The van der Waals surface area contributed by atoms with Crippen LogP contribution in [0.2, 0.25) is 0 Å². The van der Waals surface area contributed by atoms with Gasteiger partial charge in [0.1, 0.15) is 5.75 Å². The Bertz CT molecular complexity index is 958. The summed E-state index contributed by atoms with van der Waals surface area (Å²) in [7, 11) is 0. The SMILES string of the molecule is O=C(c1ccc(OCC2CCCN(C(=O)c3ccc(F)c(F)c3)C2)cc1)N1CCCCC1. The van der Waals surface area contributed by atoms with Gasteiger partial charge in [-0.3, -0.25) is 9.59 Å². The van der Waals surface area contributed by atoms with E-state index in [4.69, 9.17) is 4.74 Å². The second kappa shape index (κ2) is 10.1. The van der Waals surface area contributed by atoms with E-state index in [2.05, 4.69) is 0 Å². The van der Waals surface area contributed by atoms with Crippen LogP contribution in [0.5, 0.6) is 5.75 Å². The molecule has 1 unspecified atom stereocenters. The highest BCUT2D eigenvalue weighted by Crippen LogP contribution is 2.22. The average Bonchev–Trinajstić information content (AvgIpc) is 2.84. The zero-order chi connectivity index (χ0) is 22.5. The first-order chi connectivity index (χ1) is 15.5.